The molecule has 1 aromatic heterocycles. The molecule has 120 valence electrons. The zero-order valence-corrected chi connectivity index (χ0v) is 14.3. The van der Waals surface area contributed by atoms with E-state index in [0.717, 1.165) is 18.7 Å². The van der Waals surface area contributed by atoms with E-state index in [1.807, 2.05) is 18.5 Å². The Hall–Kier alpha value is -1.36. The number of carbonyl (C=O) groups excluding carboxylic acids is 1. The van der Waals surface area contributed by atoms with Gasteiger partial charge < -0.3 is 10.6 Å². The van der Waals surface area contributed by atoms with E-state index in [1.165, 1.54) is 11.3 Å². The number of amides is 1. The molecule has 1 amide bonds. The van der Waals surface area contributed by atoms with Crippen molar-refractivity contribution < 1.29 is 4.79 Å². The van der Waals surface area contributed by atoms with Crippen LogP contribution in [0.2, 0.25) is 0 Å². The first kappa shape index (κ1) is 17.7. The fraction of sp³-hybridized carbons (Fsp3) is 0.750. The molecule has 0 radical (unpaired) electrons. The van der Waals surface area contributed by atoms with Gasteiger partial charge in [0.25, 0.3) is 0 Å². The minimum absolute atomic E-state index is 0.113. The highest BCUT2D eigenvalue weighted by atomic mass is 16.1. The van der Waals surface area contributed by atoms with E-state index in [4.69, 9.17) is 0 Å². The van der Waals surface area contributed by atoms with Crippen LogP contribution < -0.4 is 10.6 Å². The fourth-order valence-electron chi connectivity index (χ4n) is 2.60. The largest absolute Gasteiger partial charge is 0.354 e. The fourth-order valence-corrected chi connectivity index (χ4v) is 2.60. The van der Waals surface area contributed by atoms with Crippen molar-refractivity contribution in [2.45, 2.75) is 73.0 Å². The summed E-state index contributed by atoms with van der Waals surface area (Å²) in [5, 5.41) is 11.0. The molecule has 0 aliphatic heterocycles. The first-order valence-corrected chi connectivity index (χ1v) is 7.97. The Bertz CT molecular complexity index is 467. The van der Waals surface area contributed by atoms with Gasteiger partial charge in [0.2, 0.25) is 5.91 Å². The lowest BCUT2D eigenvalue weighted by molar-refractivity contribution is -0.121. The van der Waals surface area contributed by atoms with Gasteiger partial charge in [-0.2, -0.15) is 5.10 Å². The maximum atomic E-state index is 11.7. The van der Waals surface area contributed by atoms with Crippen LogP contribution in [0.25, 0.3) is 0 Å². The van der Waals surface area contributed by atoms with E-state index in [-0.39, 0.29) is 18.0 Å². The highest BCUT2D eigenvalue weighted by Gasteiger charge is 2.16. The Labute approximate surface area is 128 Å². The average molecular weight is 294 g/mol. The Morgan fingerprint density at radius 3 is 2.48 bits per heavy atom. The Morgan fingerprint density at radius 2 is 1.95 bits per heavy atom. The van der Waals surface area contributed by atoms with Gasteiger partial charge in [0.15, 0.2) is 0 Å². The summed E-state index contributed by atoms with van der Waals surface area (Å²) in [4.78, 5) is 11.7. The number of hydrogen-bond acceptors (Lipinski definition) is 3. The Balaban J connectivity index is 2.49. The minimum atomic E-state index is 0.113. The van der Waals surface area contributed by atoms with Crippen LogP contribution in [0.5, 0.6) is 0 Å². The number of rotatable bonds is 8. The summed E-state index contributed by atoms with van der Waals surface area (Å²) in [5.41, 5.74) is 3.52. The molecule has 2 N–H and O–H groups in total. The van der Waals surface area contributed by atoms with Crippen molar-refractivity contribution >= 4 is 5.91 Å². The van der Waals surface area contributed by atoms with E-state index in [1.54, 1.807) is 0 Å². The molecule has 21 heavy (non-hydrogen) atoms. The summed E-state index contributed by atoms with van der Waals surface area (Å²) in [7, 11) is 0. The van der Waals surface area contributed by atoms with Crippen LogP contribution in [-0.4, -0.2) is 28.3 Å². The van der Waals surface area contributed by atoms with E-state index in [0.29, 0.717) is 13.0 Å². The van der Waals surface area contributed by atoms with Crippen LogP contribution in [-0.2, 0) is 11.3 Å². The average Bonchev–Trinajstić information content (AvgIpc) is 2.72. The third kappa shape index (κ3) is 4.84. The van der Waals surface area contributed by atoms with Crippen LogP contribution in [0.4, 0.5) is 0 Å². The smallest absolute Gasteiger partial charge is 0.221 e. The predicted octanol–water partition coefficient (Wildman–Crippen LogP) is 2.48. The lowest BCUT2D eigenvalue weighted by Crippen LogP contribution is -2.34. The van der Waals surface area contributed by atoms with Gasteiger partial charge in [-0.15, -0.1) is 0 Å². The minimum Gasteiger partial charge on any atom is -0.354 e. The second-order valence-corrected chi connectivity index (χ2v) is 5.70. The zero-order chi connectivity index (χ0) is 16.0. The first-order chi connectivity index (χ1) is 9.90. The molecular formula is C16H30N4O. The molecular weight excluding hydrogens is 264 g/mol. The van der Waals surface area contributed by atoms with Crippen LogP contribution in [0.15, 0.2) is 0 Å². The summed E-state index contributed by atoms with van der Waals surface area (Å²) < 4.78 is 2.03. The van der Waals surface area contributed by atoms with Crippen molar-refractivity contribution in [3.05, 3.63) is 17.0 Å². The molecule has 5 nitrogen and oxygen atoms in total. The number of hydrogen-bond donors (Lipinski definition) is 2. The van der Waals surface area contributed by atoms with Gasteiger partial charge in [-0.3, -0.25) is 9.48 Å². The third-order valence-corrected chi connectivity index (χ3v) is 3.99. The number of aryl methyl sites for hydroxylation is 2. The molecule has 0 spiro atoms. The Kier molecular flexibility index (Phi) is 6.89. The molecule has 1 aromatic rings. The molecule has 2 unspecified atom stereocenters. The van der Waals surface area contributed by atoms with Gasteiger partial charge in [0.05, 0.1) is 5.69 Å². The van der Waals surface area contributed by atoms with Crippen LogP contribution in [0.3, 0.4) is 0 Å². The van der Waals surface area contributed by atoms with Crippen molar-refractivity contribution in [2.24, 2.45) is 0 Å². The molecule has 0 aromatic carbocycles. The summed E-state index contributed by atoms with van der Waals surface area (Å²) in [5.74, 6) is 0.113. The number of carbonyl (C=O) groups is 1. The maximum Gasteiger partial charge on any atom is 0.221 e. The predicted molar refractivity (Wildman–Crippen MR) is 86.3 cm³/mol. The summed E-state index contributed by atoms with van der Waals surface area (Å²) in [6.45, 7) is 14.0. The first-order valence-electron chi connectivity index (χ1n) is 7.97. The molecule has 0 saturated heterocycles. The highest BCUT2D eigenvalue weighted by Crippen LogP contribution is 2.21. The SMILES string of the molecule is CCC(C)NC(=O)CCNC(C)c1c(C)nn(CC)c1C. The number of aromatic nitrogens is 2. The van der Waals surface area contributed by atoms with Crippen LogP contribution in [0.1, 0.15) is 63.5 Å². The van der Waals surface area contributed by atoms with Crippen molar-refractivity contribution in [3.8, 4) is 0 Å². The van der Waals surface area contributed by atoms with Gasteiger partial charge >= 0.3 is 0 Å². The molecule has 0 fully saturated rings. The van der Waals surface area contributed by atoms with E-state index >= 15 is 0 Å². The third-order valence-electron chi connectivity index (χ3n) is 3.99. The molecule has 1 heterocycles. The summed E-state index contributed by atoms with van der Waals surface area (Å²) in [6.07, 6.45) is 1.47. The zero-order valence-electron chi connectivity index (χ0n) is 14.3. The maximum absolute atomic E-state index is 11.7. The highest BCUT2D eigenvalue weighted by molar-refractivity contribution is 5.76. The lowest BCUT2D eigenvalue weighted by Gasteiger charge is -2.16. The topological polar surface area (TPSA) is 59.0 Å². The summed E-state index contributed by atoms with van der Waals surface area (Å²) >= 11 is 0. The van der Waals surface area contributed by atoms with Crippen molar-refractivity contribution in [1.29, 1.82) is 0 Å². The van der Waals surface area contributed by atoms with E-state index in [9.17, 15) is 4.79 Å². The van der Waals surface area contributed by atoms with Gasteiger partial charge in [-0.25, -0.2) is 0 Å². The molecule has 2 atom stereocenters. The van der Waals surface area contributed by atoms with E-state index < -0.39 is 0 Å². The molecule has 0 aliphatic rings. The standard InChI is InChI=1S/C16H30N4O/c1-7-11(3)18-15(21)9-10-17-12(4)16-13(5)19-20(8-2)14(16)6/h11-12,17H,7-10H2,1-6H3,(H,18,21). The van der Waals surface area contributed by atoms with Gasteiger partial charge in [-0.1, -0.05) is 6.92 Å². The number of nitrogens with one attached hydrogen (secondary N) is 2. The van der Waals surface area contributed by atoms with Gasteiger partial charge in [0, 0.05) is 42.9 Å². The molecule has 0 aliphatic carbocycles. The van der Waals surface area contributed by atoms with Crippen LogP contribution >= 0.6 is 0 Å². The number of nitrogens with zero attached hydrogens (tertiary/aromatic N) is 2. The quantitative estimate of drug-likeness (QED) is 0.774. The van der Waals surface area contributed by atoms with Gasteiger partial charge in [-0.05, 0) is 41.0 Å². The van der Waals surface area contributed by atoms with Crippen molar-refractivity contribution in [2.75, 3.05) is 6.54 Å². The molecule has 0 saturated carbocycles. The van der Waals surface area contributed by atoms with E-state index in [2.05, 4.69) is 43.4 Å². The molecule has 1 rings (SSSR count). The summed E-state index contributed by atoms with van der Waals surface area (Å²) in [6, 6.07) is 0.462. The second-order valence-electron chi connectivity index (χ2n) is 5.70. The molecule has 0 bridgehead atoms. The van der Waals surface area contributed by atoms with Crippen molar-refractivity contribution in [1.82, 2.24) is 20.4 Å². The van der Waals surface area contributed by atoms with Gasteiger partial charge in [0.1, 0.15) is 0 Å². The van der Waals surface area contributed by atoms with Crippen LogP contribution in [0, 0.1) is 13.8 Å². The lowest BCUT2D eigenvalue weighted by atomic mass is 10.1. The second kappa shape index (κ2) is 8.17. The Morgan fingerprint density at radius 1 is 1.29 bits per heavy atom. The van der Waals surface area contributed by atoms with Crippen molar-refractivity contribution in [3.63, 3.8) is 0 Å². The molecule has 5 heteroatoms. The normalized spacial score (nSPS) is 14.0. The monoisotopic (exact) mass is 294 g/mol.